The van der Waals surface area contributed by atoms with Gasteiger partial charge in [-0.25, -0.2) is 4.98 Å². The van der Waals surface area contributed by atoms with Crippen LogP contribution in [0, 0.1) is 0 Å². The lowest BCUT2D eigenvalue weighted by Crippen LogP contribution is -2.12. The molecule has 0 amide bonds. The first kappa shape index (κ1) is 10.3. The van der Waals surface area contributed by atoms with Gasteiger partial charge in [0.05, 0.1) is 5.69 Å². The Bertz CT molecular complexity index is 263. The van der Waals surface area contributed by atoms with Crippen molar-refractivity contribution in [3.63, 3.8) is 0 Å². The number of likely N-dealkylation sites (N-methyl/N-ethyl adjacent to an activating group) is 1. The SMILES string of the molecule is CNCCc1nc(C(C)C)cn1C. The third kappa shape index (κ3) is 2.56. The third-order valence-electron chi connectivity index (χ3n) is 2.18. The standard InChI is InChI=1S/C10H19N3/c1-8(2)9-7-13(4)10(12-9)5-6-11-3/h7-8,11H,5-6H2,1-4H3. The molecule has 1 aromatic rings. The van der Waals surface area contributed by atoms with Gasteiger partial charge in [-0.3, -0.25) is 0 Å². The Hall–Kier alpha value is -0.830. The maximum absolute atomic E-state index is 4.57. The van der Waals surface area contributed by atoms with Crippen molar-refractivity contribution in [1.29, 1.82) is 0 Å². The van der Waals surface area contributed by atoms with Crippen LogP contribution in [0.4, 0.5) is 0 Å². The highest BCUT2D eigenvalue weighted by Crippen LogP contribution is 2.12. The van der Waals surface area contributed by atoms with E-state index < -0.39 is 0 Å². The van der Waals surface area contributed by atoms with Gasteiger partial charge in [0.1, 0.15) is 5.82 Å². The predicted octanol–water partition coefficient (Wildman–Crippen LogP) is 1.31. The molecule has 0 aromatic carbocycles. The molecule has 0 aliphatic rings. The Balaban J connectivity index is 2.71. The summed E-state index contributed by atoms with van der Waals surface area (Å²) in [6, 6.07) is 0. The molecule has 0 aliphatic heterocycles. The van der Waals surface area contributed by atoms with Gasteiger partial charge in [-0.15, -0.1) is 0 Å². The zero-order valence-electron chi connectivity index (χ0n) is 8.96. The molecule has 0 saturated carbocycles. The van der Waals surface area contributed by atoms with E-state index in [2.05, 4.69) is 42.0 Å². The molecule has 0 fully saturated rings. The average Bonchev–Trinajstić information content (AvgIpc) is 2.44. The van der Waals surface area contributed by atoms with Crippen molar-refractivity contribution in [2.24, 2.45) is 7.05 Å². The molecule has 0 radical (unpaired) electrons. The van der Waals surface area contributed by atoms with Gasteiger partial charge in [0.25, 0.3) is 0 Å². The molecule has 0 bridgehead atoms. The van der Waals surface area contributed by atoms with E-state index in [9.17, 15) is 0 Å². The zero-order chi connectivity index (χ0) is 9.84. The van der Waals surface area contributed by atoms with Crippen LogP contribution in [0.5, 0.6) is 0 Å². The van der Waals surface area contributed by atoms with Gasteiger partial charge in [0.2, 0.25) is 0 Å². The van der Waals surface area contributed by atoms with E-state index >= 15 is 0 Å². The molecule has 0 aliphatic carbocycles. The lowest BCUT2D eigenvalue weighted by Gasteiger charge is -1.99. The van der Waals surface area contributed by atoms with Crippen LogP contribution in [0.1, 0.15) is 31.3 Å². The van der Waals surface area contributed by atoms with Gasteiger partial charge >= 0.3 is 0 Å². The van der Waals surface area contributed by atoms with Crippen molar-refractivity contribution in [2.45, 2.75) is 26.2 Å². The fourth-order valence-corrected chi connectivity index (χ4v) is 1.28. The zero-order valence-corrected chi connectivity index (χ0v) is 8.96. The summed E-state index contributed by atoms with van der Waals surface area (Å²) in [7, 11) is 4.02. The predicted molar refractivity (Wildman–Crippen MR) is 54.9 cm³/mol. The van der Waals surface area contributed by atoms with E-state index in [4.69, 9.17) is 0 Å². The number of hydrogen-bond donors (Lipinski definition) is 1. The minimum Gasteiger partial charge on any atom is -0.338 e. The number of aryl methyl sites for hydroxylation is 1. The second-order valence-electron chi connectivity index (χ2n) is 3.70. The van der Waals surface area contributed by atoms with Crippen molar-refractivity contribution >= 4 is 0 Å². The fraction of sp³-hybridized carbons (Fsp3) is 0.700. The van der Waals surface area contributed by atoms with E-state index in [-0.39, 0.29) is 0 Å². The molecule has 1 N–H and O–H groups in total. The Labute approximate surface area is 80.2 Å². The lowest BCUT2D eigenvalue weighted by molar-refractivity contribution is 0.716. The van der Waals surface area contributed by atoms with E-state index in [0.717, 1.165) is 18.8 Å². The summed E-state index contributed by atoms with van der Waals surface area (Å²) in [4.78, 5) is 4.57. The summed E-state index contributed by atoms with van der Waals surface area (Å²) in [5.74, 6) is 1.69. The minimum absolute atomic E-state index is 0.523. The molecule has 3 heteroatoms. The van der Waals surface area contributed by atoms with Crippen LogP contribution in [0.15, 0.2) is 6.20 Å². The Morgan fingerprint density at radius 1 is 1.54 bits per heavy atom. The second kappa shape index (κ2) is 4.42. The molecule has 3 nitrogen and oxygen atoms in total. The van der Waals surface area contributed by atoms with E-state index in [1.165, 1.54) is 5.69 Å². The Morgan fingerprint density at radius 2 is 2.23 bits per heavy atom. The van der Waals surface area contributed by atoms with Crippen LogP contribution >= 0.6 is 0 Å². The number of rotatable bonds is 4. The van der Waals surface area contributed by atoms with Gasteiger partial charge in [-0.05, 0) is 13.0 Å². The molecule has 74 valence electrons. The summed E-state index contributed by atoms with van der Waals surface area (Å²) in [5, 5.41) is 3.13. The number of hydrogen-bond acceptors (Lipinski definition) is 2. The number of imidazole rings is 1. The number of nitrogens with zero attached hydrogens (tertiary/aromatic N) is 2. The van der Waals surface area contributed by atoms with E-state index in [0.29, 0.717) is 5.92 Å². The normalized spacial score (nSPS) is 11.2. The molecule has 0 unspecified atom stereocenters. The highest BCUT2D eigenvalue weighted by atomic mass is 15.0. The molecule has 0 spiro atoms. The summed E-state index contributed by atoms with van der Waals surface area (Å²) in [6.07, 6.45) is 3.12. The van der Waals surface area contributed by atoms with Crippen LogP contribution in [0.25, 0.3) is 0 Å². The van der Waals surface area contributed by atoms with Crippen molar-refractivity contribution in [1.82, 2.24) is 14.9 Å². The van der Waals surface area contributed by atoms with Gasteiger partial charge in [-0.2, -0.15) is 0 Å². The van der Waals surface area contributed by atoms with Gasteiger partial charge in [0, 0.05) is 26.2 Å². The van der Waals surface area contributed by atoms with Gasteiger partial charge in [-0.1, -0.05) is 13.8 Å². The molecule has 1 aromatic heterocycles. The highest BCUT2D eigenvalue weighted by molar-refractivity contribution is 5.07. The first-order valence-electron chi connectivity index (χ1n) is 4.82. The van der Waals surface area contributed by atoms with E-state index in [1.807, 2.05) is 7.05 Å². The maximum atomic E-state index is 4.57. The maximum Gasteiger partial charge on any atom is 0.109 e. The highest BCUT2D eigenvalue weighted by Gasteiger charge is 2.07. The summed E-state index contributed by atoms with van der Waals surface area (Å²) in [6.45, 7) is 5.33. The van der Waals surface area contributed by atoms with Crippen molar-refractivity contribution < 1.29 is 0 Å². The topological polar surface area (TPSA) is 29.9 Å². The van der Waals surface area contributed by atoms with Gasteiger partial charge in [0.15, 0.2) is 0 Å². The van der Waals surface area contributed by atoms with Crippen LogP contribution in [-0.4, -0.2) is 23.1 Å². The molecular formula is C10H19N3. The van der Waals surface area contributed by atoms with Gasteiger partial charge < -0.3 is 9.88 Å². The molecule has 0 saturated heterocycles. The van der Waals surface area contributed by atoms with Crippen LogP contribution < -0.4 is 5.32 Å². The quantitative estimate of drug-likeness (QED) is 0.759. The minimum atomic E-state index is 0.523. The number of nitrogens with one attached hydrogen (secondary N) is 1. The summed E-state index contributed by atoms with van der Waals surface area (Å²) in [5.41, 5.74) is 1.19. The molecular weight excluding hydrogens is 162 g/mol. The third-order valence-corrected chi connectivity index (χ3v) is 2.18. The van der Waals surface area contributed by atoms with Crippen molar-refractivity contribution in [2.75, 3.05) is 13.6 Å². The largest absolute Gasteiger partial charge is 0.338 e. The molecule has 0 atom stereocenters. The van der Waals surface area contributed by atoms with E-state index in [1.54, 1.807) is 0 Å². The van der Waals surface area contributed by atoms with Crippen LogP contribution in [-0.2, 0) is 13.5 Å². The first-order valence-corrected chi connectivity index (χ1v) is 4.82. The fourth-order valence-electron chi connectivity index (χ4n) is 1.28. The average molecular weight is 181 g/mol. The summed E-state index contributed by atoms with van der Waals surface area (Å²) >= 11 is 0. The van der Waals surface area contributed by atoms with Crippen molar-refractivity contribution in [3.05, 3.63) is 17.7 Å². The Kier molecular flexibility index (Phi) is 3.48. The molecule has 13 heavy (non-hydrogen) atoms. The molecule has 1 rings (SSSR count). The second-order valence-corrected chi connectivity index (χ2v) is 3.70. The first-order chi connectivity index (χ1) is 6.15. The smallest absolute Gasteiger partial charge is 0.109 e. The van der Waals surface area contributed by atoms with Crippen LogP contribution in [0.3, 0.4) is 0 Å². The molecule has 1 heterocycles. The van der Waals surface area contributed by atoms with Crippen LogP contribution in [0.2, 0.25) is 0 Å². The lowest BCUT2D eigenvalue weighted by atomic mass is 10.2. The monoisotopic (exact) mass is 181 g/mol. The Morgan fingerprint density at radius 3 is 2.69 bits per heavy atom. The number of aromatic nitrogens is 2. The van der Waals surface area contributed by atoms with Crippen molar-refractivity contribution in [3.8, 4) is 0 Å². The summed E-state index contributed by atoms with van der Waals surface area (Å²) < 4.78 is 2.12.